The molecule has 0 saturated carbocycles. The third-order valence-corrected chi connectivity index (χ3v) is 6.27. The van der Waals surface area contributed by atoms with Crippen LogP contribution in [-0.4, -0.2) is 24.6 Å². The van der Waals surface area contributed by atoms with Crippen LogP contribution in [-0.2, 0) is 14.3 Å². The summed E-state index contributed by atoms with van der Waals surface area (Å²) in [4.78, 5) is 26.5. The van der Waals surface area contributed by atoms with Crippen LogP contribution in [0.3, 0.4) is 0 Å². The van der Waals surface area contributed by atoms with Gasteiger partial charge in [0.2, 0.25) is 5.91 Å². The summed E-state index contributed by atoms with van der Waals surface area (Å²) in [6, 6.07) is 22.6. The van der Waals surface area contributed by atoms with Crippen LogP contribution in [0.1, 0.15) is 45.1 Å². The lowest BCUT2D eigenvalue weighted by molar-refractivity contribution is -0.157. The van der Waals surface area contributed by atoms with E-state index < -0.39 is 17.5 Å². The molecule has 0 aliphatic carbocycles. The third kappa shape index (κ3) is 7.70. The molecule has 0 bridgehead atoms. The largest absolute Gasteiger partial charge is 0.496 e. The molecule has 3 aromatic rings. The van der Waals surface area contributed by atoms with E-state index in [0.29, 0.717) is 17.1 Å². The number of hydrogen-bond donors (Lipinski definition) is 1. The Morgan fingerprint density at radius 1 is 1.00 bits per heavy atom. The Labute approximate surface area is 224 Å². The molecule has 0 aliphatic rings. The van der Waals surface area contributed by atoms with E-state index in [1.54, 1.807) is 40.0 Å². The number of allylic oxidation sites excluding steroid dienone is 1. The molecule has 194 valence electrons. The van der Waals surface area contributed by atoms with E-state index in [2.05, 4.69) is 11.9 Å². The minimum absolute atomic E-state index is 0.0911. The lowest BCUT2D eigenvalue weighted by Crippen LogP contribution is -2.33. The maximum Gasteiger partial charge on any atom is 0.307 e. The van der Waals surface area contributed by atoms with E-state index in [9.17, 15) is 9.59 Å². The van der Waals surface area contributed by atoms with Crippen LogP contribution in [0, 0.1) is 5.92 Å². The Morgan fingerprint density at radius 2 is 1.65 bits per heavy atom. The van der Waals surface area contributed by atoms with Gasteiger partial charge in [-0.25, -0.2) is 0 Å². The lowest BCUT2D eigenvalue weighted by atomic mass is 9.80. The number of benzene rings is 3. The smallest absolute Gasteiger partial charge is 0.307 e. The van der Waals surface area contributed by atoms with Gasteiger partial charge in [0.1, 0.15) is 11.4 Å². The fraction of sp³-hybridized carbons (Fsp3) is 0.290. The number of ether oxygens (including phenoxy) is 2. The number of carbonyl (C=O) groups excluding carboxylic acids is 2. The number of methoxy groups -OCH3 is 1. The number of para-hydroxylation sites is 1. The molecule has 1 amide bonds. The van der Waals surface area contributed by atoms with Gasteiger partial charge < -0.3 is 14.8 Å². The number of esters is 1. The first-order valence-corrected chi connectivity index (χ1v) is 12.6. The van der Waals surface area contributed by atoms with Gasteiger partial charge >= 0.3 is 5.97 Å². The predicted molar refractivity (Wildman–Crippen MR) is 150 cm³/mol. The van der Waals surface area contributed by atoms with Gasteiger partial charge in [-0.3, -0.25) is 9.59 Å². The van der Waals surface area contributed by atoms with Crippen LogP contribution in [0.5, 0.6) is 5.75 Å². The molecule has 0 aliphatic heterocycles. The summed E-state index contributed by atoms with van der Waals surface area (Å²) in [6.07, 6.45) is 2.12. The maximum atomic E-state index is 13.7. The van der Waals surface area contributed by atoms with Gasteiger partial charge in [0.25, 0.3) is 0 Å². The summed E-state index contributed by atoms with van der Waals surface area (Å²) in [7, 11) is 1.64. The zero-order valence-corrected chi connectivity index (χ0v) is 22.5. The van der Waals surface area contributed by atoms with Crippen molar-refractivity contribution in [3.63, 3.8) is 0 Å². The second kappa shape index (κ2) is 12.6. The average molecular weight is 520 g/mol. The van der Waals surface area contributed by atoms with Gasteiger partial charge in [-0.15, -0.1) is 6.58 Å². The van der Waals surface area contributed by atoms with E-state index in [-0.39, 0.29) is 18.2 Å². The quantitative estimate of drug-likeness (QED) is 0.220. The highest BCUT2D eigenvalue weighted by Crippen LogP contribution is 2.37. The average Bonchev–Trinajstić information content (AvgIpc) is 2.86. The molecule has 0 heterocycles. The SMILES string of the molecule is C=CCC(c1ccccc1Cl)C(CC(=O)OC(C)(C)C)C(=O)Nc1ccc(-c2ccccc2OC)cc1. The fourth-order valence-corrected chi connectivity index (χ4v) is 4.57. The van der Waals surface area contributed by atoms with Crippen LogP contribution in [0.15, 0.2) is 85.5 Å². The molecular formula is C31H34ClNO4. The minimum atomic E-state index is -0.721. The number of amides is 1. The summed E-state index contributed by atoms with van der Waals surface area (Å²) in [5.41, 5.74) is 2.66. The summed E-state index contributed by atoms with van der Waals surface area (Å²) >= 11 is 6.51. The van der Waals surface area contributed by atoms with Crippen molar-refractivity contribution >= 4 is 29.2 Å². The first kappa shape index (κ1) is 28.0. The molecule has 0 saturated heterocycles. The van der Waals surface area contributed by atoms with Gasteiger partial charge in [-0.2, -0.15) is 0 Å². The first-order chi connectivity index (χ1) is 17.6. The maximum absolute atomic E-state index is 13.7. The van der Waals surface area contributed by atoms with Crippen LogP contribution < -0.4 is 10.1 Å². The molecule has 3 aromatic carbocycles. The number of nitrogens with one attached hydrogen (secondary N) is 1. The summed E-state index contributed by atoms with van der Waals surface area (Å²) in [6.45, 7) is 9.28. The zero-order valence-electron chi connectivity index (χ0n) is 21.8. The topological polar surface area (TPSA) is 64.6 Å². The van der Waals surface area contributed by atoms with Crippen molar-refractivity contribution in [3.8, 4) is 16.9 Å². The van der Waals surface area contributed by atoms with Gasteiger partial charge in [-0.05, 0) is 62.6 Å². The molecule has 6 heteroatoms. The Balaban J connectivity index is 1.89. The van der Waals surface area contributed by atoms with E-state index >= 15 is 0 Å². The third-order valence-electron chi connectivity index (χ3n) is 5.92. The van der Waals surface area contributed by atoms with Crippen LogP contribution in [0.2, 0.25) is 5.02 Å². The first-order valence-electron chi connectivity index (χ1n) is 12.2. The number of anilines is 1. The molecule has 1 N–H and O–H groups in total. The second-order valence-corrected chi connectivity index (χ2v) is 10.2. The Kier molecular flexibility index (Phi) is 9.54. The molecule has 0 radical (unpaired) electrons. The highest BCUT2D eigenvalue weighted by Gasteiger charge is 2.34. The Morgan fingerprint density at radius 3 is 2.27 bits per heavy atom. The molecule has 0 aromatic heterocycles. The molecule has 5 nitrogen and oxygen atoms in total. The van der Waals surface area contributed by atoms with E-state index in [1.165, 1.54) is 0 Å². The normalized spacial score (nSPS) is 12.8. The molecule has 0 spiro atoms. The van der Waals surface area contributed by atoms with Gasteiger partial charge in [0.15, 0.2) is 0 Å². The van der Waals surface area contributed by atoms with Crippen molar-refractivity contribution in [3.05, 3.63) is 96.0 Å². The molecule has 0 fully saturated rings. The zero-order chi connectivity index (χ0) is 27.0. The number of carbonyl (C=O) groups is 2. The number of halogens is 1. The van der Waals surface area contributed by atoms with E-state index in [4.69, 9.17) is 21.1 Å². The van der Waals surface area contributed by atoms with Crippen molar-refractivity contribution < 1.29 is 19.1 Å². The highest BCUT2D eigenvalue weighted by atomic mass is 35.5. The van der Waals surface area contributed by atoms with Crippen molar-refractivity contribution in [2.45, 2.75) is 45.1 Å². The lowest BCUT2D eigenvalue weighted by Gasteiger charge is -2.28. The fourth-order valence-electron chi connectivity index (χ4n) is 4.29. The van der Waals surface area contributed by atoms with Gasteiger partial charge in [-0.1, -0.05) is 66.2 Å². The number of hydrogen-bond acceptors (Lipinski definition) is 4. The minimum Gasteiger partial charge on any atom is -0.496 e. The Bertz CT molecular complexity index is 1230. The van der Waals surface area contributed by atoms with Crippen molar-refractivity contribution in [2.75, 3.05) is 12.4 Å². The molecule has 2 unspecified atom stereocenters. The van der Waals surface area contributed by atoms with Crippen molar-refractivity contribution in [1.82, 2.24) is 0 Å². The van der Waals surface area contributed by atoms with E-state index in [1.807, 2.05) is 66.7 Å². The van der Waals surface area contributed by atoms with Crippen molar-refractivity contribution in [1.29, 1.82) is 0 Å². The number of rotatable bonds is 10. The van der Waals surface area contributed by atoms with E-state index in [0.717, 1.165) is 22.4 Å². The molecular weight excluding hydrogens is 486 g/mol. The monoisotopic (exact) mass is 519 g/mol. The van der Waals surface area contributed by atoms with Gasteiger partial charge in [0.05, 0.1) is 19.4 Å². The summed E-state index contributed by atoms with van der Waals surface area (Å²) in [5, 5.41) is 3.53. The van der Waals surface area contributed by atoms with Crippen molar-refractivity contribution in [2.24, 2.45) is 5.92 Å². The summed E-state index contributed by atoms with van der Waals surface area (Å²) in [5.74, 6) is -1.04. The van der Waals surface area contributed by atoms with Crippen LogP contribution in [0.4, 0.5) is 5.69 Å². The van der Waals surface area contributed by atoms with Crippen LogP contribution in [0.25, 0.3) is 11.1 Å². The van der Waals surface area contributed by atoms with Crippen LogP contribution >= 0.6 is 11.6 Å². The highest BCUT2D eigenvalue weighted by molar-refractivity contribution is 6.31. The second-order valence-electron chi connectivity index (χ2n) is 9.82. The standard InChI is InChI=1S/C31H34ClNO4/c1-6-11-24(25-13-7-9-14-27(25)32)26(20-29(34)37-31(2,3)4)30(35)33-22-18-16-21(17-19-22)23-12-8-10-15-28(23)36-5/h6-10,12-19,24,26H,1,11,20H2,2-5H3,(H,33,35). The molecule has 3 rings (SSSR count). The van der Waals surface area contributed by atoms with Gasteiger partial charge in [0, 0.05) is 22.2 Å². The Hall–Kier alpha value is -3.57. The molecule has 37 heavy (non-hydrogen) atoms. The molecule has 2 atom stereocenters. The predicted octanol–water partition coefficient (Wildman–Crippen LogP) is 7.66. The summed E-state index contributed by atoms with van der Waals surface area (Å²) < 4.78 is 11.0.